The summed E-state index contributed by atoms with van der Waals surface area (Å²) >= 11 is 1.91. The quantitative estimate of drug-likeness (QED) is 0.159. The summed E-state index contributed by atoms with van der Waals surface area (Å²) in [5.74, 6) is 0. The molecule has 3 heterocycles. The van der Waals surface area contributed by atoms with Gasteiger partial charge in [-0.2, -0.15) is 0 Å². The molecule has 382 valence electrons. The maximum atomic E-state index is 2.72. The highest BCUT2D eigenvalue weighted by molar-refractivity contribution is 7.25. The zero-order valence-corrected chi connectivity index (χ0v) is 48.5. The zero-order valence-electron chi connectivity index (χ0n) is 47.6. The Morgan fingerprint density at radius 3 is 1.61 bits per heavy atom. The minimum absolute atomic E-state index is 0.0344. The van der Waals surface area contributed by atoms with E-state index in [4.69, 9.17) is 0 Å². The van der Waals surface area contributed by atoms with Crippen molar-refractivity contribution in [2.45, 2.75) is 155 Å². The fourth-order valence-electron chi connectivity index (χ4n) is 13.9. The molecule has 0 bridgehead atoms. The molecule has 4 aliphatic rings. The molecule has 0 unspecified atom stereocenters. The van der Waals surface area contributed by atoms with E-state index >= 15 is 0 Å². The van der Waals surface area contributed by atoms with Crippen molar-refractivity contribution in [3.8, 4) is 22.3 Å². The predicted octanol–water partition coefficient (Wildman–Crippen LogP) is 18.8. The topological polar surface area (TPSA) is 6.48 Å². The first kappa shape index (κ1) is 49.2. The zero-order chi connectivity index (χ0) is 53.2. The highest BCUT2D eigenvalue weighted by atomic mass is 32.1. The largest absolute Gasteiger partial charge is 0.311 e. The molecule has 9 aromatic rings. The Hall–Kier alpha value is -6.36. The number of thiophene rings is 1. The van der Waals surface area contributed by atoms with Crippen LogP contribution in [0.1, 0.15) is 156 Å². The summed E-state index contributed by atoms with van der Waals surface area (Å²) in [5, 5.41) is 2.67. The van der Waals surface area contributed by atoms with Crippen molar-refractivity contribution < 1.29 is 0 Å². The molecule has 0 saturated carbocycles. The predicted molar refractivity (Wildman–Crippen MR) is 332 cm³/mol. The summed E-state index contributed by atoms with van der Waals surface area (Å²) in [4.78, 5) is 5.22. The van der Waals surface area contributed by atoms with Crippen molar-refractivity contribution in [3.63, 3.8) is 0 Å². The van der Waals surface area contributed by atoms with Crippen molar-refractivity contribution >= 4 is 88.7 Å². The van der Waals surface area contributed by atoms with Crippen LogP contribution in [-0.2, 0) is 32.5 Å². The Balaban J connectivity index is 1.09. The maximum Gasteiger partial charge on any atom is 0.248 e. The van der Waals surface area contributed by atoms with Gasteiger partial charge in [0.15, 0.2) is 0 Å². The smallest absolute Gasteiger partial charge is 0.248 e. The van der Waals surface area contributed by atoms with Crippen LogP contribution in [0, 0.1) is 0 Å². The molecule has 13 rings (SSSR count). The molecule has 0 fully saturated rings. The molecule has 4 heteroatoms. The van der Waals surface area contributed by atoms with Crippen LogP contribution in [0.4, 0.5) is 34.1 Å². The van der Waals surface area contributed by atoms with Crippen LogP contribution in [0.15, 0.2) is 152 Å². The van der Waals surface area contributed by atoms with Gasteiger partial charge in [-0.05, 0) is 204 Å². The fourth-order valence-corrected chi connectivity index (χ4v) is 15.1. The Morgan fingerprint density at radius 1 is 0.434 bits per heavy atom. The molecule has 0 spiro atoms. The number of nitrogens with zero attached hydrogens (tertiary/aromatic N) is 2. The second-order valence-corrected chi connectivity index (χ2v) is 29.0. The number of hydrogen-bond acceptors (Lipinski definition) is 3. The van der Waals surface area contributed by atoms with Gasteiger partial charge in [0.2, 0.25) is 6.71 Å². The summed E-state index contributed by atoms with van der Waals surface area (Å²) in [6, 6.07) is 60.3. The van der Waals surface area contributed by atoms with Crippen molar-refractivity contribution in [3.05, 3.63) is 185 Å². The van der Waals surface area contributed by atoms with Gasteiger partial charge in [0.05, 0.1) is 0 Å². The third-order valence-electron chi connectivity index (χ3n) is 18.9. The van der Waals surface area contributed by atoms with E-state index in [9.17, 15) is 0 Å². The van der Waals surface area contributed by atoms with Crippen LogP contribution in [0.5, 0.6) is 0 Å². The molecule has 0 atom stereocenters. The molecule has 8 aromatic carbocycles. The first-order valence-corrected chi connectivity index (χ1v) is 29.1. The maximum absolute atomic E-state index is 2.72. The van der Waals surface area contributed by atoms with Crippen LogP contribution in [0.3, 0.4) is 0 Å². The molecule has 0 saturated heterocycles. The Kier molecular flexibility index (Phi) is 10.7. The van der Waals surface area contributed by atoms with Gasteiger partial charge in [-0.3, -0.25) is 0 Å². The molecule has 2 nitrogen and oxygen atoms in total. The van der Waals surface area contributed by atoms with E-state index in [1.54, 1.807) is 0 Å². The average Bonchev–Trinajstić information content (AvgIpc) is 3.92. The van der Waals surface area contributed by atoms with Crippen LogP contribution in [0.2, 0.25) is 0 Å². The number of anilines is 6. The molecular formula is C72H75BN2S. The van der Waals surface area contributed by atoms with Gasteiger partial charge < -0.3 is 9.80 Å². The molecule has 0 radical (unpaired) electrons. The number of rotatable bonds is 5. The SMILES string of the molecule is CC(C)(C)c1ccc(N(c2ccc(C(C)(C)C)cc2)c2ccc3c(c2)B2c4cc5c(cc4N(c4ccc6c(c4)C(C)(C)CCC6(C)C)c4cc(-c6ccc7c(c6)sc6ccccc67)cc-3c42)C(C)(C)CCC5(C)C)cc1. The first-order chi connectivity index (χ1) is 35.9. The summed E-state index contributed by atoms with van der Waals surface area (Å²) < 4.78 is 2.67. The van der Waals surface area contributed by atoms with Gasteiger partial charge >= 0.3 is 0 Å². The Labute approximate surface area is 458 Å². The van der Waals surface area contributed by atoms with E-state index in [2.05, 4.69) is 258 Å². The minimum Gasteiger partial charge on any atom is -0.311 e. The van der Waals surface area contributed by atoms with Gasteiger partial charge in [0.1, 0.15) is 0 Å². The first-order valence-electron chi connectivity index (χ1n) is 28.3. The lowest BCUT2D eigenvalue weighted by atomic mass is 9.36. The van der Waals surface area contributed by atoms with Gasteiger partial charge in [0, 0.05) is 54.3 Å². The standard InChI is InChI=1S/C72H75BN2S/c1-67(2,3)46-20-24-48(25-21-46)74(49-26-22-47(23-27-49)68(4,5)6)51-28-31-52-55-37-45(44-19-30-54-53-17-15-16-18-64(53)76-65(54)39-44)38-63-66(55)73(60(52)41-51)61-42-58-59(72(13,14)36-35-71(58,11)12)43-62(61)75(63)50-29-32-56-57(40-50)70(9,10)34-33-69(56,7)8/h15-32,37-43H,33-36H2,1-14H3. The fraction of sp³-hybridized carbons (Fsp3) is 0.333. The van der Waals surface area contributed by atoms with Gasteiger partial charge in [0.25, 0.3) is 0 Å². The minimum atomic E-state index is 0.0344. The lowest BCUT2D eigenvalue weighted by Gasteiger charge is -2.45. The van der Waals surface area contributed by atoms with Crippen LogP contribution in [-0.4, -0.2) is 6.71 Å². The van der Waals surface area contributed by atoms with Crippen LogP contribution in [0.25, 0.3) is 42.4 Å². The van der Waals surface area contributed by atoms with Crippen molar-refractivity contribution in [1.29, 1.82) is 0 Å². The van der Waals surface area contributed by atoms with E-state index in [-0.39, 0.29) is 39.2 Å². The molecule has 2 aliphatic carbocycles. The molecule has 0 amide bonds. The van der Waals surface area contributed by atoms with Gasteiger partial charge in [-0.15, -0.1) is 11.3 Å². The van der Waals surface area contributed by atoms with Crippen LogP contribution >= 0.6 is 11.3 Å². The second kappa shape index (κ2) is 16.6. The Bertz CT molecular complexity index is 3790. The van der Waals surface area contributed by atoms with Crippen molar-refractivity contribution in [1.82, 2.24) is 0 Å². The molecule has 0 N–H and O–H groups in total. The summed E-state index contributed by atoms with van der Waals surface area (Å²) in [6.07, 6.45) is 4.70. The summed E-state index contributed by atoms with van der Waals surface area (Å²) in [6.45, 7) is 33.7. The average molecular weight is 1010 g/mol. The molecular weight excluding hydrogens is 936 g/mol. The van der Waals surface area contributed by atoms with Crippen LogP contribution < -0.4 is 26.2 Å². The van der Waals surface area contributed by atoms with Gasteiger partial charge in [-0.25, -0.2) is 0 Å². The monoisotopic (exact) mass is 1010 g/mol. The van der Waals surface area contributed by atoms with Gasteiger partial charge in [-0.1, -0.05) is 175 Å². The van der Waals surface area contributed by atoms with Crippen molar-refractivity contribution in [2.24, 2.45) is 0 Å². The lowest BCUT2D eigenvalue weighted by molar-refractivity contribution is 0.332. The highest BCUT2D eigenvalue weighted by Crippen LogP contribution is 2.53. The lowest BCUT2D eigenvalue weighted by Crippen LogP contribution is -2.55. The second-order valence-electron chi connectivity index (χ2n) is 28.0. The number of benzene rings is 8. The van der Waals surface area contributed by atoms with Crippen molar-refractivity contribution in [2.75, 3.05) is 9.80 Å². The number of fused-ring (bicyclic) bond motifs is 10. The van der Waals surface area contributed by atoms with E-state index in [1.807, 2.05) is 11.3 Å². The Morgan fingerprint density at radius 2 is 0.987 bits per heavy atom. The normalized spacial score (nSPS) is 17.5. The summed E-state index contributed by atoms with van der Waals surface area (Å²) in [5.41, 5.74) is 25.8. The van der Waals surface area contributed by atoms with E-state index in [0.29, 0.717) is 0 Å². The molecule has 76 heavy (non-hydrogen) atoms. The molecule has 1 aromatic heterocycles. The van der Waals surface area contributed by atoms with E-state index in [1.165, 1.54) is 146 Å². The van der Waals surface area contributed by atoms with E-state index in [0.717, 1.165) is 6.42 Å². The third-order valence-corrected chi connectivity index (χ3v) is 20.1. The highest BCUT2D eigenvalue weighted by Gasteiger charge is 2.47. The third kappa shape index (κ3) is 7.69. The number of hydrogen-bond donors (Lipinski definition) is 0. The molecule has 2 aliphatic heterocycles. The summed E-state index contributed by atoms with van der Waals surface area (Å²) in [7, 11) is 0. The van der Waals surface area contributed by atoms with E-state index < -0.39 is 0 Å².